The third kappa shape index (κ3) is 4.59. The zero-order chi connectivity index (χ0) is 5.86. The molecule has 1 atom stereocenters. The summed E-state index contributed by atoms with van der Waals surface area (Å²) in [5.74, 6) is -0.597. The van der Waals surface area contributed by atoms with Gasteiger partial charge < -0.3 is 9.84 Å². The summed E-state index contributed by atoms with van der Waals surface area (Å²) < 4.78 is 4.12. The van der Waals surface area contributed by atoms with Gasteiger partial charge in [0, 0.05) is 0 Å². The van der Waals surface area contributed by atoms with E-state index in [2.05, 4.69) is 4.74 Å². The summed E-state index contributed by atoms with van der Waals surface area (Å²) in [6, 6.07) is 0. The molecule has 0 spiro atoms. The van der Waals surface area contributed by atoms with Crippen molar-refractivity contribution < 1.29 is 14.6 Å². The summed E-state index contributed by atoms with van der Waals surface area (Å²) in [5, 5.41) is 8.35. The van der Waals surface area contributed by atoms with Crippen LogP contribution in [0.2, 0.25) is 0 Å². The number of esters is 1. The Bertz CT molecular complexity index is 71.7. The van der Waals surface area contributed by atoms with E-state index >= 15 is 0 Å². The molecule has 0 rings (SSSR count). The molecule has 1 N–H and O–H groups in total. The van der Waals surface area contributed by atoms with Gasteiger partial charge in [-0.25, -0.2) is 4.79 Å². The van der Waals surface area contributed by atoms with Crippen molar-refractivity contribution in [3.05, 3.63) is 0 Å². The Morgan fingerprint density at radius 2 is 2.12 bits per heavy atom. The first-order chi connectivity index (χ1) is 3.18. The maximum absolute atomic E-state index is 10.0. The van der Waals surface area contributed by atoms with Crippen molar-refractivity contribution in [3.63, 3.8) is 0 Å². The maximum atomic E-state index is 10.0. The predicted molar refractivity (Wildman–Crippen MR) is 30.8 cm³/mol. The molecule has 0 fully saturated rings. The molecule has 4 heteroatoms. The summed E-state index contributed by atoms with van der Waals surface area (Å²) >= 11 is 0. The van der Waals surface area contributed by atoms with Gasteiger partial charge in [-0.3, -0.25) is 0 Å². The van der Waals surface area contributed by atoms with Gasteiger partial charge in [0.15, 0.2) is 0 Å². The van der Waals surface area contributed by atoms with Crippen molar-refractivity contribution >= 4 is 35.5 Å². The van der Waals surface area contributed by atoms with E-state index in [0.29, 0.717) is 0 Å². The van der Waals surface area contributed by atoms with Gasteiger partial charge in [-0.05, 0) is 6.92 Å². The Balaban J connectivity index is 0. The fourth-order valence-corrected chi connectivity index (χ4v) is 0.171. The molecule has 0 saturated carbocycles. The molecule has 0 heterocycles. The summed E-state index contributed by atoms with van der Waals surface area (Å²) in [5.41, 5.74) is 0. The second-order valence-corrected chi connectivity index (χ2v) is 1.20. The predicted octanol–water partition coefficient (Wildman–Crippen LogP) is -1.11. The van der Waals surface area contributed by atoms with Crippen LogP contribution in [0.1, 0.15) is 6.92 Å². The second kappa shape index (κ2) is 5.56. The monoisotopic (exact) mass is 128 g/mol. The van der Waals surface area contributed by atoms with Crippen LogP contribution in [0.25, 0.3) is 0 Å². The first-order valence-electron chi connectivity index (χ1n) is 1.94. The molecule has 0 aliphatic heterocycles. The van der Waals surface area contributed by atoms with Crippen molar-refractivity contribution in [2.75, 3.05) is 7.11 Å². The van der Waals surface area contributed by atoms with Crippen LogP contribution < -0.4 is 0 Å². The number of aliphatic hydroxyl groups is 1. The second-order valence-electron chi connectivity index (χ2n) is 1.20. The van der Waals surface area contributed by atoms with Crippen molar-refractivity contribution in [1.82, 2.24) is 0 Å². The average molecular weight is 128 g/mol. The molecule has 0 aromatic rings. The van der Waals surface area contributed by atoms with E-state index < -0.39 is 12.1 Å². The van der Waals surface area contributed by atoms with Gasteiger partial charge in [-0.15, -0.1) is 0 Å². The number of methoxy groups -OCH3 is 1. The minimum atomic E-state index is -0.995. The van der Waals surface area contributed by atoms with E-state index in [-0.39, 0.29) is 29.6 Å². The van der Waals surface area contributed by atoms with Gasteiger partial charge in [0.1, 0.15) is 6.10 Å². The topological polar surface area (TPSA) is 46.5 Å². The summed E-state index contributed by atoms with van der Waals surface area (Å²) in [6.45, 7) is 1.35. The third-order valence-electron chi connectivity index (χ3n) is 0.542. The van der Waals surface area contributed by atoms with Crippen LogP contribution >= 0.6 is 0 Å². The van der Waals surface area contributed by atoms with Crippen LogP contribution in [0.4, 0.5) is 0 Å². The zero-order valence-corrected chi connectivity index (χ0v) is 4.34. The zero-order valence-electron chi connectivity index (χ0n) is 4.34. The summed E-state index contributed by atoms with van der Waals surface area (Å²) in [6.07, 6.45) is -0.995. The molecular formula is C4H9NaO3. The van der Waals surface area contributed by atoms with E-state index in [1.807, 2.05) is 0 Å². The number of rotatable bonds is 1. The minimum absolute atomic E-state index is 0. The number of hydrogen-bond acceptors (Lipinski definition) is 3. The van der Waals surface area contributed by atoms with Gasteiger partial charge in [-0.1, -0.05) is 0 Å². The van der Waals surface area contributed by atoms with Crippen LogP contribution in [0, 0.1) is 0 Å². The molecule has 0 aromatic carbocycles. The van der Waals surface area contributed by atoms with Gasteiger partial charge in [0.2, 0.25) is 0 Å². The van der Waals surface area contributed by atoms with Crippen LogP contribution in [-0.2, 0) is 9.53 Å². The first kappa shape index (κ1) is 11.3. The standard InChI is InChI=1S/C4H8O3.Na.H/c1-3(5)4(6)7-2;;/h3,5H,1-2H3;;. The number of carbonyl (C=O) groups is 1. The average Bonchev–Trinajstić information content (AvgIpc) is 1.65. The molecule has 0 saturated heterocycles. The molecule has 8 heavy (non-hydrogen) atoms. The van der Waals surface area contributed by atoms with Crippen molar-refractivity contribution in [1.29, 1.82) is 0 Å². The molecule has 1 unspecified atom stereocenters. The molecule has 0 bridgehead atoms. The number of aliphatic hydroxyl groups excluding tert-OH is 1. The van der Waals surface area contributed by atoms with Crippen molar-refractivity contribution in [3.8, 4) is 0 Å². The van der Waals surface area contributed by atoms with Gasteiger partial charge >= 0.3 is 35.5 Å². The van der Waals surface area contributed by atoms with E-state index in [1.54, 1.807) is 0 Å². The third-order valence-corrected chi connectivity index (χ3v) is 0.542. The number of ether oxygens (including phenoxy) is 1. The van der Waals surface area contributed by atoms with Crippen LogP contribution in [0.5, 0.6) is 0 Å². The molecule has 0 radical (unpaired) electrons. The summed E-state index contributed by atoms with van der Waals surface area (Å²) in [7, 11) is 1.23. The van der Waals surface area contributed by atoms with Crippen molar-refractivity contribution in [2.24, 2.45) is 0 Å². The van der Waals surface area contributed by atoms with Gasteiger partial charge in [-0.2, -0.15) is 0 Å². The molecular weight excluding hydrogens is 119 g/mol. The van der Waals surface area contributed by atoms with E-state index in [0.717, 1.165) is 0 Å². The Labute approximate surface area is 70.3 Å². The molecule has 44 valence electrons. The van der Waals surface area contributed by atoms with Crippen LogP contribution in [0.3, 0.4) is 0 Å². The van der Waals surface area contributed by atoms with Crippen LogP contribution in [-0.4, -0.2) is 53.8 Å². The van der Waals surface area contributed by atoms with E-state index in [9.17, 15) is 4.79 Å². The number of hydrogen-bond donors (Lipinski definition) is 1. The van der Waals surface area contributed by atoms with Gasteiger partial charge in [0.25, 0.3) is 0 Å². The van der Waals surface area contributed by atoms with E-state index in [1.165, 1.54) is 14.0 Å². The quantitative estimate of drug-likeness (QED) is 0.360. The van der Waals surface area contributed by atoms with Crippen molar-refractivity contribution in [2.45, 2.75) is 13.0 Å². The molecule has 0 aromatic heterocycles. The Hall–Kier alpha value is 0.430. The SMILES string of the molecule is COC(=O)C(C)O.[NaH]. The Morgan fingerprint density at radius 3 is 2.12 bits per heavy atom. The Kier molecular flexibility index (Phi) is 7.83. The molecule has 3 nitrogen and oxygen atoms in total. The first-order valence-corrected chi connectivity index (χ1v) is 1.94. The molecule has 0 amide bonds. The van der Waals surface area contributed by atoms with Crippen LogP contribution in [0.15, 0.2) is 0 Å². The number of carbonyl (C=O) groups excluding carboxylic acids is 1. The normalized spacial score (nSPS) is 11.4. The summed E-state index contributed by atoms with van der Waals surface area (Å²) in [4.78, 5) is 10.0. The van der Waals surface area contributed by atoms with Gasteiger partial charge in [0.05, 0.1) is 7.11 Å². The Morgan fingerprint density at radius 1 is 1.75 bits per heavy atom. The fraction of sp³-hybridized carbons (Fsp3) is 0.750. The molecule has 0 aliphatic carbocycles. The van der Waals surface area contributed by atoms with E-state index in [4.69, 9.17) is 5.11 Å². The fourth-order valence-electron chi connectivity index (χ4n) is 0.171. The molecule has 0 aliphatic rings.